The van der Waals surface area contributed by atoms with Crippen LogP contribution in [0, 0.1) is 6.92 Å². The van der Waals surface area contributed by atoms with E-state index >= 15 is 0 Å². The van der Waals surface area contributed by atoms with Gasteiger partial charge in [-0.3, -0.25) is 9.89 Å². The fourth-order valence-corrected chi connectivity index (χ4v) is 2.01. The number of rotatable bonds is 2. The maximum absolute atomic E-state index is 12.1. The van der Waals surface area contributed by atoms with Crippen LogP contribution in [0.3, 0.4) is 0 Å². The number of H-pyrrole nitrogens is 1. The van der Waals surface area contributed by atoms with Crippen LogP contribution in [0.25, 0.3) is 10.9 Å². The normalized spacial score (nSPS) is 10.6. The van der Waals surface area contributed by atoms with Crippen molar-refractivity contribution in [1.29, 1.82) is 0 Å². The predicted molar refractivity (Wildman–Crippen MR) is 75.2 cm³/mol. The van der Waals surface area contributed by atoms with Crippen LogP contribution >= 0.6 is 0 Å². The lowest BCUT2D eigenvalue weighted by Gasteiger charge is -2.06. The summed E-state index contributed by atoms with van der Waals surface area (Å²) in [6.07, 6.45) is 1.71. The van der Waals surface area contributed by atoms with Gasteiger partial charge < -0.3 is 5.32 Å². The van der Waals surface area contributed by atoms with Crippen molar-refractivity contribution in [3.8, 4) is 0 Å². The highest BCUT2D eigenvalue weighted by molar-refractivity contribution is 6.06. The van der Waals surface area contributed by atoms with Gasteiger partial charge in [-0.25, -0.2) is 0 Å². The molecule has 3 rings (SSSR count). The summed E-state index contributed by atoms with van der Waals surface area (Å²) in [4.78, 5) is 12.1. The molecular formula is C15H13N3O. The number of anilines is 1. The Bertz CT molecular complexity index is 746. The van der Waals surface area contributed by atoms with Gasteiger partial charge in [-0.05, 0) is 42.8 Å². The molecule has 0 radical (unpaired) electrons. The number of fused-ring (bicyclic) bond motifs is 1. The molecule has 0 aliphatic carbocycles. The van der Waals surface area contributed by atoms with Gasteiger partial charge >= 0.3 is 0 Å². The van der Waals surface area contributed by atoms with Gasteiger partial charge in [-0.15, -0.1) is 0 Å². The van der Waals surface area contributed by atoms with Gasteiger partial charge in [0.05, 0.1) is 11.7 Å². The van der Waals surface area contributed by atoms with Gasteiger partial charge in [0.2, 0.25) is 0 Å². The average Bonchev–Trinajstić information content (AvgIpc) is 2.85. The van der Waals surface area contributed by atoms with E-state index in [9.17, 15) is 4.79 Å². The summed E-state index contributed by atoms with van der Waals surface area (Å²) < 4.78 is 0. The van der Waals surface area contributed by atoms with E-state index < -0.39 is 0 Å². The molecule has 2 aromatic carbocycles. The third-order valence-electron chi connectivity index (χ3n) is 2.98. The molecule has 0 spiro atoms. The highest BCUT2D eigenvalue weighted by atomic mass is 16.1. The number of aromatic nitrogens is 2. The third kappa shape index (κ3) is 2.33. The van der Waals surface area contributed by atoms with Gasteiger partial charge in [0.1, 0.15) is 0 Å². The van der Waals surface area contributed by atoms with Gasteiger partial charge in [-0.1, -0.05) is 12.1 Å². The van der Waals surface area contributed by atoms with Crippen molar-refractivity contribution in [1.82, 2.24) is 10.2 Å². The van der Waals surface area contributed by atoms with Crippen LogP contribution in [0.1, 0.15) is 15.9 Å². The number of nitrogens with one attached hydrogen (secondary N) is 2. The van der Waals surface area contributed by atoms with E-state index in [4.69, 9.17) is 0 Å². The summed E-state index contributed by atoms with van der Waals surface area (Å²) in [7, 11) is 0. The lowest BCUT2D eigenvalue weighted by Crippen LogP contribution is -2.11. The predicted octanol–water partition coefficient (Wildman–Crippen LogP) is 3.12. The van der Waals surface area contributed by atoms with Crippen LogP contribution in [0.15, 0.2) is 48.7 Å². The Morgan fingerprint density at radius 3 is 2.95 bits per heavy atom. The van der Waals surface area contributed by atoms with Crippen molar-refractivity contribution in [3.05, 3.63) is 59.8 Å². The van der Waals surface area contributed by atoms with Crippen molar-refractivity contribution < 1.29 is 4.79 Å². The van der Waals surface area contributed by atoms with E-state index in [0.29, 0.717) is 5.56 Å². The Labute approximate surface area is 110 Å². The minimum absolute atomic E-state index is 0.117. The van der Waals surface area contributed by atoms with Gasteiger partial charge in [0, 0.05) is 16.6 Å². The Balaban J connectivity index is 1.87. The Kier molecular flexibility index (Phi) is 2.76. The second kappa shape index (κ2) is 4.57. The quantitative estimate of drug-likeness (QED) is 0.735. The fraction of sp³-hybridized carbons (Fsp3) is 0.0667. The number of hydrogen-bond acceptors (Lipinski definition) is 2. The molecule has 0 saturated heterocycles. The molecule has 1 amide bonds. The lowest BCUT2D eigenvalue weighted by molar-refractivity contribution is 0.102. The largest absolute Gasteiger partial charge is 0.322 e. The SMILES string of the molecule is Cc1cccc(NC(=O)c2ccc3[nH]ncc3c2)c1. The smallest absolute Gasteiger partial charge is 0.255 e. The molecule has 0 saturated carbocycles. The van der Waals surface area contributed by atoms with Crippen molar-refractivity contribution in [2.45, 2.75) is 6.92 Å². The lowest BCUT2D eigenvalue weighted by atomic mass is 10.1. The molecule has 0 fully saturated rings. The first-order chi connectivity index (χ1) is 9.22. The van der Waals surface area contributed by atoms with E-state index in [0.717, 1.165) is 22.2 Å². The second-order valence-corrected chi connectivity index (χ2v) is 4.50. The molecular weight excluding hydrogens is 238 g/mol. The van der Waals surface area contributed by atoms with Crippen molar-refractivity contribution >= 4 is 22.5 Å². The minimum Gasteiger partial charge on any atom is -0.322 e. The van der Waals surface area contributed by atoms with Crippen LogP contribution < -0.4 is 5.32 Å². The van der Waals surface area contributed by atoms with E-state index in [-0.39, 0.29) is 5.91 Å². The maximum atomic E-state index is 12.1. The zero-order chi connectivity index (χ0) is 13.2. The van der Waals surface area contributed by atoms with Crippen molar-refractivity contribution in [3.63, 3.8) is 0 Å². The molecule has 0 aliphatic heterocycles. The summed E-state index contributed by atoms with van der Waals surface area (Å²) in [6, 6.07) is 13.2. The minimum atomic E-state index is -0.117. The number of hydrogen-bond donors (Lipinski definition) is 2. The fourth-order valence-electron chi connectivity index (χ4n) is 2.01. The first-order valence-electron chi connectivity index (χ1n) is 6.03. The average molecular weight is 251 g/mol. The highest BCUT2D eigenvalue weighted by Gasteiger charge is 2.07. The Hall–Kier alpha value is -2.62. The molecule has 3 aromatic rings. The summed E-state index contributed by atoms with van der Waals surface area (Å²) >= 11 is 0. The zero-order valence-corrected chi connectivity index (χ0v) is 10.5. The molecule has 94 valence electrons. The molecule has 2 N–H and O–H groups in total. The molecule has 0 aliphatic rings. The second-order valence-electron chi connectivity index (χ2n) is 4.50. The van der Waals surface area contributed by atoms with Crippen molar-refractivity contribution in [2.24, 2.45) is 0 Å². The molecule has 4 nitrogen and oxygen atoms in total. The molecule has 1 heterocycles. The number of carbonyl (C=O) groups is 1. The third-order valence-corrected chi connectivity index (χ3v) is 2.98. The van der Waals surface area contributed by atoms with E-state index in [1.54, 1.807) is 12.3 Å². The van der Waals surface area contributed by atoms with Crippen molar-refractivity contribution in [2.75, 3.05) is 5.32 Å². The van der Waals surface area contributed by atoms with E-state index in [1.165, 1.54) is 0 Å². The standard InChI is InChI=1S/C15H13N3O/c1-10-3-2-4-13(7-10)17-15(19)11-5-6-14-12(8-11)9-16-18-14/h2-9H,1H3,(H,16,18)(H,17,19). The van der Waals surface area contributed by atoms with Gasteiger partial charge in [0.15, 0.2) is 0 Å². The Morgan fingerprint density at radius 1 is 1.21 bits per heavy atom. The molecule has 1 aromatic heterocycles. The monoisotopic (exact) mass is 251 g/mol. The first kappa shape index (κ1) is 11.5. The number of benzene rings is 2. The van der Waals surface area contributed by atoms with Crippen LogP contribution in [0.5, 0.6) is 0 Å². The number of amides is 1. The number of aromatic amines is 1. The van der Waals surface area contributed by atoms with Gasteiger partial charge in [0.25, 0.3) is 5.91 Å². The number of nitrogens with zero attached hydrogens (tertiary/aromatic N) is 1. The van der Waals surface area contributed by atoms with Gasteiger partial charge in [-0.2, -0.15) is 5.10 Å². The number of carbonyl (C=O) groups excluding carboxylic acids is 1. The first-order valence-corrected chi connectivity index (χ1v) is 6.03. The van der Waals surface area contributed by atoms with Crippen LogP contribution in [-0.4, -0.2) is 16.1 Å². The summed E-state index contributed by atoms with van der Waals surface area (Å²) in [5.74, 6) is -0.117. The Morgan fingerprint density at radius 2 is 2.11 bits per heavy atom. The van der Waals surface area contributed by atoms with E-state index in [1.807, 2.05) is 43.3 Å². The molecule has 0 bridgehead atoms. The molecule has 19 heavy (non-hydrogen) atoms. The molecule has 0 atom stereocenters. The topological polar surface area (TPSA) is 57.8 Å². The number of aryl methyl sites for hydroxylation is 1. The van der Waals surface area contributed by atoms with Crippen LogP contribution in [0.4, 0.5) is 5.69 Å². The van der Waals surface area contributed by atoms with Crippen LogP contribution in [-0.2, 0) is 0 Å². The highest BCUT2D eigenvalue weighted by Crippen LogP contribution is 2.15. The van der Waals surface area contributed by atoms with E-state index in [2.05, 4.69) is 15.5 Å². The summed E-state index contributed by atoms with van der Waals surface area (Å²) in [5, 5.41) is 10.6. The molecule has 0 unspecified atom stereocenters. The summed E-state index contributed by atoms with van der Waals surface area (Å²) in [6.45, 7) is 1.99. The molecule has 4 heteroatoms. The van der Waals surface area contributed by atoms with Crippen LogP contribution in [0.2, 0.25) is 0 Å². The zero-order valence-electron chi connectivity index (χ0n) is 10.5. The maximum Gasteiger partial charge on any atom is 0.255 e. The summed E-state index contributed by atoms with van der Waals surface area (Å²) in [5.41, 5.74) is 3.46.